The molecule has 1 unspecified atom stereocenters. The Morgan fingerprint density at radius 2 is 2.00 bits per heavy atom. The largest absolute Gasteiger partial charge is 0.394 e. The summed E-state index contributed by atoms with van der Waals surface area (Å²) in [5.74, 6) is 6.20. The average molecular weight is 426 g/mol. The molecule has 0 radical (unpaired) electrons. The van der Waals surface area contributed by atoms with E-state index in [2.05, 4.69) is 44.0 Å². The lowest BCUT2D eigenvalue weighted by molar-refractivity contribution is 0.239. The number of anilines is 1. The van der Waals surface area contributed by atoms with Crippen LogP contribution < -0.4 is 10.6 Å². The third-order valence-corrected chi connectivity index (χ3v) is 5.92. The Morgan fingerprint density at radius 1 is 1.23 bits per heavy atom. The number of aliphatic hydroxyl groups excluding tert-OH is 1. The highest BCUT2D eigenvalue weighted by Crippen LogP contribution is 2.29. The molecule has 2 aromatic carbocycles. The number of benzene rings is 2. The first-order valence-electron chi connectivity index (χ1n) is 10.3. The minimum absolute atomic E-state index is 0.0474. The van der Waals surface area contributed by atoms with Crippen molar-refractivity contribution in [2.45, 2.75) is 24.8 Å². The Labute approximate surface area is 183 Å². The molecule has 1 saturated heterocycles. The van der Waals surface area contributed by atoms with Crippen molar-refractivity contribution in [2.24, 2.45) is 15.9 Å². The Bertz CT molecular complexity index is 834. The van der Waals surface area contributed by atoms with Crippen molar-refractivity contribution in [1.82, 2.24) is 4.90 Å². The van der Waals surface area contributed by atoms with Crippen LogP contribution in [0.3, 0.4) is 0 Å². The summed E-state index contributed by atoms with van der Waals surface area (Å²) < 4.78 is 3.31. The Morgan fingerprint density at radius 3 is 2.67 bits per heavy atom. The van der Waals surface area contributed by atoms with Crippen molar-refractivity contribution in [3.05, 3.63) is 65.7 Å². The second-order valence-electron chi connectivity index (χ2n) is 7.49. The fourth-order valence-corrected chi connectivity index (χ4v) is 4.19. The van der Waals surface area contributed by atoms with Crippen LogP contribution in [0.2, 0.25) is 0 Å². The predicted molar refractivity (Wildman–Crippen MR) is 128 cm³/mol. The van der Waals surface area contributed by atoms with Crippen LogP contribution in [0, 0.1) is 0 Å². The summed E-state index contributed by atoms with van der Waals surface area (Å²) >= 11 is 1.62. The van der Waals surface area contributed by atoms with Crippen molar-refractivity contribution < 1.29 is 5.11 Å². The Balaban J connectivity index is 1.53. The maximum Gasteiger partial charge on any atom is 0.0980 e. The van der Waals surface area contributed by atoms with E-state index in [1.165, 1.54) is 5.56 Å². The molecule has 160 valence electrons. The van der Waals surface area contributed by atoms with Gasteiger partial charge in [-0.3, -0.25) is 9.89 Å². The average Bonchev–Trinajstić information content (AvgIpc) is 2.80. The van der Waals surface area contributed by atoms with E-state index in [0.29, 0.717) is 12.5 Å². The van der Waals surface area contributed by atoms with Gasteiger partial charge in [0.05, 0.1) is 18.4 Å². The first kappa shape index (κ1) is 22.3. The van der Waals surface area contributed by atoms with Gasteiger partial charge in [-0.2, -0.15) is 5.10 Å². The molecule has 1 heterocycles. The highest BCUT2D eigenvalue weighted by atomic mass is 32.2. The summed E-state index contributed by atoms with van der Waals surface area (Å²) in [6.45, 7) is 2.63. The molecule has 7 heteroatoms. The number of nitrogens with one attached hydrogen (secondary N) is 1. The predicted octanol–water partition coefficient (Wildman–Crippen LogP) is 3.68. The van der Waals surface area contributed by atoms with Crippen LogP contribution in [0.15, 0.2) is 64.7 Å². The number of likely N-dealkylation sites (tertiary alicyclic amines) is 1. The smallest absolute Gasteiger partial charge is 0.0980 e. The lowest BCUT2D eigenvalue weighted by Gasteiger charge is -2.32. The molecule has 3 rings (SSSR count). The van der Waals surface area contributed by atoms with Gasteiger partial charge in [0.15, 0.2) is 0 Å². The summed E-state index contributed by atoms with van der Waals surface area (Å²) in [6.07, 6.45) is 5.97. The van der Waals surface area contributed by atoms with Crippen molar-refractivity contribution in [2.75, 3.05) is 37.2 Å². The first-order valence-corrected chi connectivity index (χ1v) is 11.5. The normalized spacial score (nSPS) is 17.3. The molecular weight excluding hydrogens is 394 g/mol. The molecular formula is C23H31N5OS. The van der Waals surface area contributed by atoms with Gasteiger partial charge in [0.25, 0.3) is 0 Å². The van der Waals surface area contributed by atoms with Gasteiger partial charge in [0.1, 0.15) is 0 Å². The maximum atomic E-state index is 9.68. The quantitative estimate of drug-likeness (QED) is 0.247. The van der Waals surface area contributed by atoms with Crippen molar-refractivity contribution in [1.29, 1.82) is 0 Å². The van der Waals surface area contributed by atoms with Crippen LogP contribution in [0.25, 0.3) is 0 Å². The van der Waals surface area contributed by atoms with E-state index in [9.17, 15) is 5.11 Å². The van der Waals surface area contributed by atoms with Crippen LogP contribution in [0.1, 0.15) is 35.9 Å². The SMILES string of the molecule is CSNc1cccc(C2CCN(CC(C=NC(CO)c3ccccc3)=NN)CC2)c1. The Kier molecular flexibility index (Phi) is 8.74. The lowest BCUT2D eigenvalue weighted by atomic mass is 9.89. The topological polar surface area (TPSA) is 86.2 Å². The van der Waals surface area contributed by atoms with Gasteiger partial charge in [-0.25, -0.2) is 0 Å². The zero-order valence-electron chi connectivity index (χ0n) is 17.4. The number of hydrogen-bond acceptors (Lipinski definition) is 7. The van der Waals surface area contributed by atoms with Crippen molar-refractivity contribution >= 4 is 29.6 Å². The second-order valence-corrected chi connectivity index (χ2v) is 8.10. The number of hydrazone groups is 1. The van der Waals surface area contributed by atoms with Crippen LogP contribution in [-0.4, -0.2) is 54.4 Å². The molecule has 0 aliphatic carbocycles. The molecule has 1 aliphatic rings. The molecule has 6 nitrogen and oxygen atoms in total. The van der Waals surface area contributed by atoms with Gasteiger partial charge in [-0.1, -0.05) is 54.4 Å². The molecule has 0 amide bonds. The molecule has 0 aromatic heterocycles. The van der Waals surface area contributed by atoms with Gasteiger partial charge in [-0.15, -0.1) is 0 Å². The van der Waals surface area contributed by atoms with E-state index in [1.54, 1.807) is 18.2 Å². The number of piperidine rings is 1. The summed E-state index contributed by atoms with van der Waals surface area (Å²) in [4.78, 5) is 6.89. The van der Waals surface area contributed by atoms with Crippen LogP contribution in [0.5, 0.6) is 0 Å². The van der Waals surface area contributed by atoms with E-state index in [4.69, 9.17) is 5.84 Å². The number of aliphatic hydroxyl groups is 1. The summed E-state index contributed by atoms with van der Waals surface area (Å²) in [7, 11) is 0. The Hall–Kier alpha value is -2.35. The van der Waals surface area contributed by atoms with E-state index < -0.39 is 0 Å². The van der Waals surface area contributed by atoms with Crippen molar-refractivity contribution in [3.63, 3.8) is 0 Å². The van der Waals surface area contributed by atoms with Crippen LogP contribution >= 0.6 is 11.9 Å². The minimum atomic E-state index is -0.296. The summed E-state index contributed by atoms with van der Waals surface area (Å²) in [5, 5.41) is 13.6. The third kappa shape index (κ3) is 6.32. The lowest BCUT2D eigenvalue weighted by Crippen LogP contribution is -2.37. The molecule has 1 atom stereocenters. The molecule has 0 bridgehead atoms. The minimum Gasteiger partial charge on any atom is -0.394 e. The summed E-state index contributed by atoms with van der Waals surface area (Å²) in [6, 6.07) is 18.2. The van der Waals surface area contributed by atoms with Gasteiger partial charge in [0.2, 0.25) is 0 Å². The highest BCUT2D eigenvalue weighted by Gasteiger charge is 2.21. The molecule has 4 N–H and O–H groups in total. The molecule has 0 spiro atoms. The highest BCUT2D eigenvalue weighted by molar-refractivity contribution is 7.99. The fraction of sp³-hybridized carbons (Fsp3) is 0.391. The van der Waals surface area contributed by atoms with Gasteiger partial charge in [-0.05, 0) is 55.1 Å². The van der Waals surface area contributed by atoms with E-state index in [1.807, 2.05) is 36.6 Å². The molecule has 30 heavy (non-hydrogen) atoms. The summed E-state index contributed by atoms with van der Waals surface area (Å²) in [5.41, 5.74) is 4.27. The van der Waals surface area contributed by atoms with Gasteiger partial charge in [0, 0.05) is 24.7 Å². The maximum absolute atomic E-state index is 9.68. The number of nitrogens with zero attached hydrogens (tertiary/aromatic N) is 3. The van der Waals surface area contributed by atoms with Crippen LogP contribution in [-0.2, 0) is 0 Å². The number of aliphatic imine (C=N–C) groups is 1. The fourth-order valence-electron chi connectivity index (χ4n) is 3.83. The zero-order chi connectivity index (χ0) is 21.2. The van der Waals surface area contributed by atoms with E-state index in [-0.39, 0.29) is 12.6 Å². The molecule has 1 fully saturated rings. The first-order chi connectivity index (χ1) is 14.7. The standard InChI is InChI=1S/C23H31N5OS/c1-30-27-21-9-5-8-20(14-21)18-10-12-28(13-11-18)16-22(26-24)15-25-23(17-29)19-6-3-2-4-7-19/h2-9,14-15,18,23,27,29H,10-13,16-17,24H2,1H3. The van der Waals surface area contributed by atoms with Crippen LogP contribution in [0.4, 0.5) is 5.69 Å². The van der Waals surface area contributed by atoms with E-state index >= 15 is 0 Å². The molecule has 2 aromatic rings. The zero-order valence-corrected chi connectivity index (χ0v) is 18.3. The monoisotopic (exact) mass is 425 g/mol. The number of hydrogen-bond donors (Lipinski definition) is 3. The third-order valence-electron chi connectivity index (χ3n) is 5.48. The van der Waals surface area contributed by atoms with Crippen molar-refractivity contribution in [3.8, 4) is 0 Å². The number of rotatable bonds is 9. The molecule has 0 saturated carbocycles. The second kappa shape index (κ2) is 11.7. The van der Waals surface area contributed by atoms with Gasteiger partial charge < -0.3 is 15.7 Å². The number of nitrogens with two attached hydrogens (primary N) is 1. The van der Waals surface area contributed by atoms with E-state index in [0.717, 1.165) is 42.9 Å². The van der Waals surface area contributed by atoms with Gasteiger partial charge >= 0.3 is 0 Å². The molecule has 1 aliphatic heterocycles.